The maximum Gasteiger partial charge on any atom is 0.512 e. The SMILES string of the molecule is CCc1c(B2OC(C)(C)C(C)(C)O2)[nH]c2ccc(C3CCN(C(=O)OC(C)(C)C)CC3)cc12. The van der Waals surface area contributed by atoms with Gasteiger partial charge in [0.05, 0.1) is 11.2 Å². The molecule has 0 atom stereocenters. The van der Waals surface area contributed by atoms with Crippen LogP contribution in [0.5, 0.6) is 0 Å². The highest BCUT2D eigenvalue weighted by atomic mass is 16.7. The van der Waals surface area contributed by atoms with E-state index in [1.165, 1.54) is 16.5 Å². The highest BCUT2D eigenvalue weighted by Crippen LogP contribution is 2.38. The van der Waals surface area contributed by atoms with Gasteiger partial charge in [0.2, 0.25) is 0 Å². The van der Waals surface area contributed by atoms with Gasteiger partial charge in [0, 0.05) is 29.6 Å². The Kier molecular flexibility index (Phi) is 6.11. The molecule has 1 aromatic carbocycles. The average molecular weight is 454 g/mol. The van der Waals surface area contributed by atoms with E-state index in [9.17, 15) is 4.79 Å². The summed E-state index contributed by atoms with van der Waals surface area (Å²) in [6, 6.07) is 6.73. The molecule has 0 saturated carbocycles. The van der Waals surface area contributed by atoms with Crippen molar-refractivity contribution < 1.29 is 18.8 Å². The first kappa shape index (κ1) is 24.1. The number of hydrogen-bond acceptors (Lipinski definition) is 4. The van der Waals surface area contributed by atoms with Crippen LogP contribution in [0.25, 0.3) is 10.9 Å². The van der Waals surface area contributed by atoms with Crippen LogP contribution in [-0.2, 0) is 20.5 Å². The first-order valence-electron chi connectivity index (χ1n) is 12.3. The highest BCUT2D eigenvalue weighted by molar-refractivity contribution is 6.62. The molecular formula is C26H39BN2O4. The third kappa shape index (κ3) is 4.67. The van der Waals surface area contributed by atoms with Crippen LogP contribution in [0.1, 0.15) is 85.3 Å². The molecule has 180 valence electrons. The summed E-state index contributed by atoms with van der Waals surface area (Å²) < 4.78 is 18.2. The second kappa shape index (κ2) is 8.35. The molecule has 2 aliphatic rings. The van der Waals surface area contributed by atoms with Gasteiger partial charge >= 0.3 is 13.2 Å². The molecule has 0 aliphatic carbocycles. The quantitative estimate of drug-likeness (QED) is 0.652. The highest BCUT2D eigenvalue weighted by Gasteiger charge is 2.52. The molecule has 7 heteroatoms. The molecule has 2 aliphatic heterocycles. The Morgan fingerprint density at radius 1 is 1.15 bits per heavy atom. The fraction of sp³-hybridized carbons (Fsp3) is 0.654. The van der Waals surface area contributed by atoms with Crippen molar-refractivity contribution in [1.29, 1.82) is 0 Å². The van der Waals surface area contributed by atoms with E-state index in [1.54, 1.807) is 0 Å². The summed E-state index contributed by atoms with van der Waals surface area (Å²) in [7, 11) is -0.391. The summed E-state index contributed by atoms with van der Waals surface area (Å²) in [6.45, 7) is 17.7. The molecule has 3 heterocycles. The van der Waals surface area contributed by atoms with Crippen molar-refractivity contribution in [3.05, 3.63) is 29.3 Å². The Labute approximate surface area is 198 Å². The standard InChI is InChI=1S/C26H39BN2O4/c1-9-19-20-16-18(17-12-14-29(15-13-17)23(30)31-24(2,3)4)10-11-21(20)28-22(19)27-32-25(5,6)26(7,8)33-27/h10-11,16-17,28H,9,12-15H2,1-8H3. The molecule has 1 N–H and O–H groups in total. The molecule has 2 fully saturated rings. The van der Waals surface area contributed by atoms with E-state index in [0.717, 1.165) is 43.5 Å². The lowest BCUT2D eigenvalue weighted by Gasteiger charge is -2.33. The van der Waals surface area contributed by atoms with Gasteiger partial charge < -0.3 is 23.9 Å². The molecule has 1 amide bonds. The number of fused-ring (bicyclic) bond motifs is 1. The van der Waals surface area contributed by atoms with Gasteiger partial charge in [-0.15, -0.1) is 0 Å². The molecule has 0 unspecified atom stereocenters. The number of nitrogens with zero attached hydrogens (tertiary/aromatic N) is 1. The van der Waals surface area contributed by atoms with Gasteiger partial charge in [0.15, 0.2) is 0 Å². The second-order valence-corrected chi connectivity index (χ2v) is 11.5. The van der Waals surface area contributed by atoms with Crippen LogP contribution < -0.4 is 5.59 Å². The van der Waals surface area contributed by atoms with Gasteiger partial charge in [-0.1, -0.05) is 13.0 Å². The first-order valence-corrected chi connectivity index (χ1v) is 12.3. The normalized spacial score (nSPS) is 21.1. The summed E-state index contributed by atoms with van der Waals surface area (Å²) in [5.41, 5.74) is 3.55. The third-order valence-electron chi connectivity index (χ3n) is 7.42. The summed E-state index contributed by atoms with van der Waals surface area (Å²) in [5, 5.41) is 1.24. The van der Waals surface area contributed by atoms with Crippen LogP contribution in [0.15, 0.2) is 18.2 Å². The second-order valence-electron chi connectivity index (χ2n) is 11.5. The van der Waals surface area contributed by atoms with Gasteiger partial charge in [-0.25, -0.2) is 4.79 Å². The van der Waals surface area contributed by atoms with E-state index in [1.807, 2.05) is 25.7 Å². The zero-order chi connectivity index (χ0) is 24.2. The van der Waals surface area contributed by atoms with E-state index in [4.69, 9.17) is 14.0 Å². The fourth-order valence-electron chi connectivity index (χ4n) is 4.80. The lowest BCUT2D eigenvalue weighted by Crippen LogP contribution is -2.41. The molecule has 0 spiro atoms. The molecule has 2 saturated heterocycles. The molecular weight excluding hydrogens is 415 g/mol. The molecule has 0 bridgehead atoms. The summed E-state index contributed by atoms with van der Waals surface area (Å²) in [5.74, 6) is 0.438. The smallest absolute Gasteiger partial charge is 0.444 e. The van der Waals surface area contributed by atoms with Crippen LogP contribution >= 0.6 is 0 Å². The molecule has 0 radical (unpaired) electrons. The van der Waals surface area contributed by atoms with Crippen molar-refractivity contribution in [1.82, 2.24) is 9.88 Å². The van der Waals surface area contributed by atoms with Gasteiger partial charge in [-0.2, -0.15) is 0 Å². The predicted molar refractivity (Wildman–Crippen MR) is 133 cm³/mol. The number of likely N-dealkylation sites (tertiary alicyclic amines) is 1. The molecule has 2 aromatic rings. The zero-order valence-electron chi connectivity index (χ0n) is 21.5. The molecule has 6 nitrogen and oxygen atoms in total. The monoisotopic (exact) mass is 454 g/mol. The molecule has 1 aromatic heterocycles. The Bertz CT molecular complexity index is 1010. The van der Waals surface area contributed by atoms with Crippen molar-refractivity contribution in [3.63, 3.8) is 0 Å². The Balaban J connectivity index is 1.53. The number of rotatable bonds is 3. The molecule has 4 rings (SSSR count). The topological polar surface area (TPSA) is 63.8 Å². The van der Waals surface area contributed by atoms with Gasteiger partial charge in [-0.3, -0.25) is 0 Å². The maximum absolute atomic E-state index is 12.4. The Hall–Kier alpha value is -1.99. The van der Waals surface area contributed by atoms with Crippen LogP contribution in [0.2, 0.25) is 0 Å². The number of nitrogens with one attached hydrogen (secondary N) is 1. The number of ether oxygens (including phenoxy) is 1. The van der Waals surface area contributed by atoms with Crippen LogP contribution in [0.3, 0.4) is 0 Å². The number of benzene rings is 1. The number of aromatic amines is 1. The predicted octanol–water partition coefficient (Wildman–Crippen LogP) is 5.14. The summed E-state index contributed by atoms with van der Waals surface area (Å²) >= 11 is 0. The van der Waals surface area contributed by atoms with Crippen LogP contribution in [0, 0.1) is 0 Å². The van der Waals surface area contributed by atoms with E-state index in [2.05, 4.69) is 57.8 Å². The van der Waals surface area contributed by atoms with E-state index in [0.29, 0.717) is 5.92 Å². The number of aryl methyl sites for hydroxylation is 1. The minimum absolute atomic E-state index is 0.206. The number of amides is 1. The Morgan fingerprint density at radius 2 is 1.76 bits per heavy atom. The van der Waals surface area contributed by atoms with E-state index >= 15 is 0 Å². The van der Waals surface area contributed by atoms with Gasteiger partial charge in [0.25, 0.3) is 0 Å². The maximum atomic E-state index is 12.4. The van der Waals surface area contributed by atoms with Crippen LogP contribution in [-0.4, -0.2) is 53.0 Å². The van der Waals surface area contributed by atoms with E-state index in [-0.39, 0.29) is 17.3 Å². The fourth-order valence-corrected chi connectivity index (χ4v) is 4.80. The zero-order valence-corrected chi connectivity index (χ0v) is 21.5. The number of carbonyl (C=O) groups excluding carboxylic acids is 1. The van der Waals surface area contributed by atoms with Gasteiger partial charge in [-0.05, 0) is 96.9 Å². The van der Waals surface area contributed by atoms with Gasteiger partial charge in [0.1, 0.15) is 5.60 Å². The molecule has 33 heavy (non-hydrogen) atoms. The average Bonchev–Trinajstić information content (AvgIpc) is 3.19. The number of hydrogen-bond donors (Lipinski definition) is 1. The minimum atomic E-state index is -0.460. The third-order valence-corrected chi connectivity index (χ3v) is 7.42. The lowest BCUT2D eigenvalue weighted by molar-refractivity contribution is 0.00578. The van der Waals surface area contributed by atoms with Crippen molar-refractivity contribution >= 4 is 29.7 Å². The Morgan fingerprint density at radius 3 is 2.30 bits per heavy atom. The van der Waals surface area contributed by atoms with Crippen molar-refractivity contribution in [2.24, 2.45) is 0 Å². The minimum Gasteiger partial charge on any atom is -0.444 e. The lowest BCUT2D eigenvalue weighted by atomic mass is 9.80. The van der Waals surface area contributed by atoms with Crippen molar-refractivity contribution in [3.8, 4) is 0 Å². The number of aromatic nitrogens is 1. The first-order chi connectivity index (χ1) is 15.3. The number of piperidine rings is 1. The largest absolute Gasteiger partial charge is 0.512 e. The number of H-pyrrole nitrogens is 1. The van der Waals surface area contributed by atoms with E-state index < -0.39 is 12.7 Å². The van der Waals surface area contributed by atoms with Crippen molar-refractivity contribution in [2.45, 2.75) is 97.4 Å². The van der Waals surface area contributed by atoms with Crippen molar-refractivity contribution in [2.75, 3.05) is 13.1 Å². The summed E-state index contributed by atoms with van der Waals surface area (Å²) in [4.78, 5) is 17.8. The number of carbonyl (C=O) groups is 1. The summed E-state index contributed by atoms with van der Waals surface area (Å²) in [6.07, 6.45) is 2.59. The van der Waals surface area contributed by atoms with Crippen LogP contribution in [0.4, 0.5) is 4.79 Å².